The molecule has 1 aliphatic carbocycles. The van der Waals surface area contributed by atoms with Crippen molar-refractivity contribution in [1.82, 2.24) is 0 Å². The summed E-state index contributed by atoms with van der Waals surface area (Å²) in [7, 11) is 0. The van der Waals surface area contributed by atoms with E-state index in [4.69, 9.17) is 4.42 Å². The van der Waals surface area contributed by atoms with Crippen LogP contribution in [-0.4, -0.2) is 0 Å². The second kappa shape index (κ2) is 9.10. The summed E-state index contributed by atoms with van der Waals surface area (Å²) in [6.07, 6.45) is 3.35. The lowest BCUT2D eigenvalue weighted by molar-refractivity contribution is 0.628. The largest absolute Gasteiger partial charge is 0.454 e. The maximum Gasteiger partial charge on any atom is 0.159 e. The van der Waals surface area contributed by atoms with E-state index in [0.717, 1.165) is 50.8 Å². The van der Waals surface area contributed by atoms with Gasteiger partial charge in [0, 0.05) is 32.7 Å². The van der Waals surface area contributed by atoms with E-state index in [1.165, 1.54) is 44.0 Å². The molecule has 0 spiro atoms. The lowest BCUT2D eigenvalue weighted by Gasteiger charge is -2.28. The summed E-state index contributed by atoms with van der Waals surface area (Å²) in [6, 6.07) is 41.0. The molecule has 2 heterocycles. The number of furan rings is 1. The number of halogens is 1. The van der Waals surface area contributed by atoms with Crippen LogP contribution in [0.3, 0.4) is 0 Å². The second-order valence-electron chi connectivity index (χ2n) is 11.0. The third kappa shape index (κ3) is 3.52. The summed E-state index contributed by atoms with van der Waals surface area (Å²) in [5.41, 5.74) is 8.58. The number of hydrogen-bond donors (Lipinski definition) is 0. The number of thioether (sulfide) groups is 1. The standard InChI is InChI=1S/C38H24FNOS/c39-25-16-18-26(19-17-25)40(33-14-7-13-29-28-11-5-6-15-35(28)41-37(29)33)34-22-32-31-20-23-8-1-2-9-24(23)21-36(31)42-38(32)30-12-4-3-10-27(30)34/h1-19,21-22,31H,20H2. The Morgan fingerprint density at radius 1 is 0.690 bits per heavy atom. The van der Waals surface area contributed by atoms with Crippen LogP contribution in [0.2, 0.25) is 0 Å². The molecular weight excluding hydrogens is 537 g/mol. The van der Waals surface area contributed by atoms with E-state index in [0.29, 0.717) is 5.92 Å². The highest BCUT2D eigenvalue weighted by molar-refractivity contribution is 8.03. The van der Waals surface area contributed by atoms with Gasteiger partial charge in [0.2, 0.25) is 0 Å². The summed E-state index contributed by atoms with van der Waals surface area (Å²) < 4.78 is 20.8. The fourth-order valence-corrected chi connectivity index (χ4v) is 8.11. The Balaban J connectivity index is 1.33. The lowest BCUT2D eigenvalue weighted by atomic mass is 9.84. The van der Waals surface area contributed by atoms with Gasteiger partial charge in [-0.05, 0) is 81.9 Å². The monoisotopic (exact) mass is 561 g/mol. The molecule has 1 aromatic heterocycles. The van der Waals surface area contributed by atoms with Crippen LogP contribution in [0.4, 0.5) is 21.5 Å². The van der Waals surface area contributed by atoms with Crippen LogP contribution in [-0.2, 0) is 6.42 Å². The summed E-state index contributed by atoms with van der Waals surface area (Å²) in [6.45, 7) is 0. The molecular formula is C38H24FNOS. The average Bonchev–Trinajstić information content (AvgIpc) is 3.59. The molecule has 7 aromatic rings. The number of nitrogens with zero attached hydrogens (tertiary/aromatic N) is 1. The number of benzene rings is 6. The van der Waals surface area contributed by atoms with Gasteiger partial charge in [-0.15, -0.1) is 0 Å². The summed E-state index contributed by atoms with van der Waals surface area (Å²) in [5.74, 6) is 0.0480. The van der Waals surface area contributed by atoms with E-state index in [1.54, 1.807) is 0 Å². The second-order valence-corrected chi connectivity index (χ2v) is 12.1. The van der Waals surface area contributed by atoms with Crippen LogP contribution in [0.25, 0.3) is 38.8 Å². The molecule has 200 valence electrons. The fraction of sp³-hybridized carbons (Fsp3) is 0.0526. The van der Waals surface area contributed by atoms with Gasteiger partial charge in [0.05, 0.1) is 11.4 Å². The zero-order valence-corrected chi connectivity index (χ0v) is 23.4. The summed E-state index contributed by atoms with van der Waals surface area (Å²) in [4.78, 5) is 4.98. The van der Waals surface area contributed by atoms with Crippen molar-refractivity contribution in [3.05, 3.63) is 149 Å². The quantitative estimate of drug-likeness (QED) is 0.213. The van der Waals surface area contributed by atoms with Crippen molar-refractivity contribution >= 4 is 67.6 Å². The molecule has 4 heteroatoms. The Morgan fingerprint density at radius 2 is 1.43 bits per heavy atom. The van der Waals surface area contributed by atoms with Gasteiger partial charge >= 0.3 is 0 Å². The first-order valence-corrected chi connectivity index (χ1v) is 15.0. The highest BCUT2D eigenvalue weighted by Gasteiger charge is 2.34. The van der Waals surface area contributed by atoms with Crippen molar-refractivity contribution in [2.24, 2.45) is 0 Å². The van der Waals surface area contributed by atoms with Gasteiger partial charge in [-0.1, -0.05) is 90.6 Å². The number of hydrogen-bond acceptors (Lipinski definition) is 3. The molecule has 0 saturated carbocycles. The summed E-state index contributed by atoms with van der Waals surface area (Å²) in [5, 5.41) is 4.53. The molecule has 1 atom stereocenters. The molecule has 0 radical (unpaired) electrons. The van der Waals surface area contributed by atoms with Gasteiger partial charge < -0.3 is 9.32 Å². The first-order valence-electron chi connectivity index (χ1n) is 14.2. The lowest BCUT2D eigenvalue weighted by Crippen LogP contribution is -2.12. The molecule has 0 amide bonds. The van der Waals surface area contributed by atoms with Crippen molar-refractivity contribution in [2.75, 3.05) is 4.90 Å². The average molecular weight is 562 g/mol. The first kappa shape index (κ1) is 23.9. The molecule has 0 saturated heterocycles. The van der Waals surface area contributed by atoms with Crippen molar-refractivity contribution in [1.29, 1.82) is 0 Å². The van der Waals surface area contributed by atoms with Crippen LogP contribution in [0.5, 0.6) is 0 Å². The normalized spacial score (nSPS) is 15.5. The van der Waals surface area contributed by atoms with Crippen molar-refractivity contribution in [3.63, 3.8) is 0 Å². The van der Waals surface area contributed by atoms with Crippen molar-refractivity contribution < 1.29 is 8.81 Å². The van der Waals surface area contributed by atoms with E-state index < -0.39 is 0 Å². The first-order chi connectivity index (χ1) is 20.7. The van der Waals surface area contributed by atoms with E-state index in [-0.39, 0.29) is 5.82 Å². The SMILES string of the molecule is Fc1ccc(N(c2cc3c(c4ccccc24)SC2=Cc4ccccc4CC23)c2cccc3c2oc2ccccc23)cc1. The van der Waals surface area contributed by atoms with Crippen LogP contribution < -0.4 is 4.90 Å². The minimum atomic E-state index is -0.258. The van der Waals surface area contributed by atoms with Gasteiger partial charge in [-0.25, -0.2) is 4.39 Å². The zero-order chi connectivity index (χ0) is 27.8. The summed E-state index contributed by atoms with van der Waals surface area (Å²) >= 11 is 1.91. The Morgan fingerprint density at radius 3 is 2.31 bits per heavy atom. The molecule has 9 rings (SSSR count). The highest BCUT2D eigenvalue weighted by atomic mass is 32.2. The molecule has 42 heavy (non-hydrogen) atoms. The van der Waals surface area contributed by atoms with E-state index >= 15 is 0 Å². The Hall–Kier alpha value is -4.80. The minimum Gasteiger partial charge on any atom is -0.454 e. The zero-order valence-electron chi connectivity index (χ0n) is 22.6. The van der Waals surface area contributed by atoms with Gasteiger partial charge in [0.15, 0.2) is 5.58 Å². The molecule has 2 aliphatic rings. The van der Waals surface area contributed by atoms with E-state index in [1.807, 2.05) is 42.1 Å². The minimum absolute atomic E-state index is 0.258. The molecule has 1 aliphatic heterocycles. The Labute approximate surface area is 246 Å². The number of anilines is 3. The molecule has 0 N–H and O–H groups in total. The predicted molar refractivity (Wildman–Crippen MR) is 173 cm³/mol. The van der Waals surface area contributed by atoms with Gasteiger partial charge in [0.1, 0.15) is 11.4 Å². The maximum absolute atomic E-state index is 14.2. The van der Waals surface area contributed by atoms with E-state index in [2.05, 4.69) is 89.8 Å². The predicted octanol–water partition coefficient (Wildman–Crippen LogP) is 11.1. The van der Waals surface area contributed by atoms with E-state index in [9.17, 15) is 4.39 Å². The maximum atomic E-state index is 14.2. The third-order valence-electron chi connectivity index (χ3n) is 8.67. The molecule has 2 nitrogen and oxygen atoms in total. The number of fused-ring (bicyclic) bond motifs is 9. The number of allylic oxidation sites excluding steroid dienone is 1. The molecule has 6 aromatic carbocycles. The van der Waals surface area contributed by atoms with Gasteiger partial charge in [-0.2, -0.15) is 0 Å². The molecule has 0 fully saturated rings. The third-order valence-corrected chi connectivity index (χ3v) is 9.97. The van der Waals surface area contributed by atoms with Crippen LogP contribution in [0.15, 0.2) is 136 Å². The Kier molecular flexibility index (Phi) is 5.17. The smallest absolute Gasteiger partial charge is 0.159 e. The number of para-hydroxylation sites is 2. The van der Waals surface area contributed by atoms with Crippen LogP contribution in [0.1, 0.15) is 22.6 Å². The highest BCUT2D eigenvalue weighted by Crippen LogP contribution is 2.57. The topological polar surface area (TPSA) is 16.4 Å². The van der Waals surface area contributed by atoms with Crippen LogP contribution >= 0.6 is 11.8 Å². The molecule has 0 bridgehead atoms. The number of rotatable bonds is 3. The van der Waals surface area contributed by atoms with Crippen LogP contribution in [0, 0.1) is 5.82 Å². The van der Waals surface area contributed by atoms with Gasteiger partial charge in [0.25, 0.3) is 0 Å². The fourth-order valence-electron chi connectivity index (χ4n) is 6.73. The van der Waals surface area contributed by atoms with Gasteiger partial charge in [-0.3, -0.25) is 0 Å². The van der Waals surface area contributed by atoms with Crippen molar-refractivity contribution in [2.45, 2.75) is 17.2 Å². The van der Waals surface area contributed by atoms with Crippen molar-refractivity contribution in [3.8, 4) is 0 Å². The molecule has 1 unspecified atom stereocenters. The Bertz CT molecular complexity index is 2230.